The van der Waals surface area contributed by atoms with Crippen molar-refractivity contribution in [1.82, 2.24) is 4.90 Å². The summed E-state index contributed by atoms with van der Waals surface area (Å²) in [6.45, 7) is 4.04. The molecule has 38 heavy (non-hydrogen) atoms. The summed E-state index contributed by atoms with van der Waals surface area (Å²) in [5.41, 5.74) is 2.91. The molecule has 0 unspecified atom stereocenters. The fourth-order valence-electron chi connectivity index (χ4n) is 5.48. The molecule has 5 heteroatoms. The van der Waals surface area contributed by atoms with Gasteiger partial charge in [0.15, 0.2) is 5.78 Å². The maximum Gasteiger partial charge on any atom is 0.193 e. The normalized spacial score (nSPS) is 15.2. The van der Waals surface area contributed by atoms with Crippen molar-refractivity contribution in [2.45, 2.75) is 56.8 Å². The lowest BCUT2D eigenvalue weighted by molar-refractivity contribution is -0.108. The summed E-state index contributed by atoms with van der Waals surface area (Å²) in [6.07, 6.45) is 9.41. The highest BCUT2D eigenvalue weighted by Crippen LogP contribution is 2.40. The smallest absolute Gasteiger partial charge is 0.193 e. The minimum absolute atomic E-state index is 0.0205. The van der Waals surface area contributed by atoms with Gasteiger partial charge in [0.05, 0.1) is 6.61 Å². The van der Waals surface area contributed by atoms with Gasteiger partial charge in [-0.2, -0.15) is 0 Å². The highest BCUT2D eigenvalue weighted by molar-refractivity contribution is 6.30. The van der Waals surface area contributed by atoms with E-state index in [0.717, 1.165) is 70.2 Å². The van der Waals surface area contributed by atoms with Gasteiger partial charge in [0, 0.05) is 22.6 Å². The number of unbranched alkanes of at least 4 members (excludes halogenated alkanes) is 3. The summed E-state index contributed by atoms with van der Waals surface area (Å²) in [7, 11) is 0. The van der Waals surface area contributed by atoms with Crippen molar-refractivity contribution >= 4 is 23.7 Å². The van der Waals surface area contributed by atoms with E-state index in [4.69, 9.17) is 16.3 Å². The standard InChI is InChI=1S/C33H38ClNO3/c34-30-15-11-27(12-16-30)32(37)28-13-17-31(18-14-28)38-26-8-2-6-22-35-23-20-33(21-24-35,19-5-7-25-36)29-9-3-1-4-10-29/h1,3-4,9-18,25H,2,5-8,19-24,26H2. The van der Waals surface area contributed by atoms with E-state index in [0.29, 0.717) is 29.2 Å². The predicted octanol–water partition coefficient (Wildman–Crippen LogP) is 7.52. The molecule has 0 atom stereocenters. The number of halogens is 1. The molecule has 4 nitrogen and oxygen atoms in total. The first-order valence-electron chi connectivity index (χ1n) is 13.8. The second-order valence-corrected chi connectivity index (χ2v) is 10.8. The van der Waals surface area contributed by atoms with Crippen LogP contribution in [0.5, 0.6) is 5.75 Å². The number of hydrogen-bond acceptors (Lipinski definition) is 4. The second kappa shape index (κ2) is 14.3. The summed E-state index contributed by atoms with van der Waals surface area (Å²) < 4.78 is 5.91. The molecule has 200 valence electrons. The Kier molecular flexibility index (Phi) is 10.5. The van der Waals surface area contributed by atoms with Gasteiger partial charge in [-0.3, -0.25) is 4.79 Å². The van der Waals surface area contributed by atoms with Crippen LogP contribution in [0.2, 0.25) is 5.02 Å². The van der Waals surface area contributed by atoms with E-state index in [1.54, 1.807) is 24.3 Å². The number of benzene rings is 3. The van der Waals surface area contributed by atoms with Gasteiger partial charge in [-0.25, -0.2) is 0 Å². The van der Waals surface area contributed by atoms with Crippen molar-refractivity contribution in [1.29, 1.82) is 0 Å². The molecule has 0 N–H and O–H groups in total. The van der Waals surface area contributed by atoms with Crippen molar-refractivity contribution in [3.63, 3.8) is 0 Å². The highest BCUT2D eigenvalue weighted by Gasteiger charge is 2.35. The minimum atomic E-state index is -0.0205. The molecule has 0 bridgehead atoms. The monoisotopic (exact) mass is 531 g/mol. The lowest BCUT2D eigenvalue weighted by Crippen LogP contribution is -2.43. The molecule has 1 heterocycles. The molecule has 0 radical (unpaired) electrons. The zero-order chi connectivity index (χ0) is 26.6. The third-order valence-corrected chi connectivity index (χ3v) is 8.04. The largest absolute Gasteiger partial charge is 0.494 e. The molecule has 3 aromatic carbocycles. The minimum Gasteiger partial charge on any atom is -0.494 e. The summed E-state index contributed by atoms with van der Waals surface area (Å²) in [5, 5.41) is 0.619. The Hall–Kier alpha value is -2.95. The maximum absolute atomic E-state index is 12.6. The van der Waals surface area contributed by atoms with E-state index < -0.39 is 0 Å². The van der Waals surface area contributed by atoms with Crippen LogP contribution in [0.1, 0.15) is 72.9 Å². The van der Waals surface area contributed by atoms with Crippen LogP contribution in [-0.2, 0) is 10.2 Å². The quantitative estimate of drug-likeness (QED) is 0.122. The van der Waals surface area contributed by atoms with Gasteiger partial charge in [0.2, 0.25) is 0 Å². The Morgan fingerprint density at radius 2 is 1.50 bits per heavy atom. The molecule has 0 aromatic heterocycles. The number of piperidine rings is 1. The Morgan fingerprint density at radius 1 is 0.842 bits per heavy atom. The molecule has 4 rings (SSSR count). The van der Waals surface area contributed by atoms with E-state index in [-0.39, 0.29) is 11.2 Å². The number of ether oxygens (including phenoxy) is 1. The predicted molar refractivity (Wildman–Crippen MR) is 154 cm³/mol. The van der Waals surface area contributed by atoms with Crippen molar-refractivity contribution in [2.75, 3.05) is 26.2 Å². The van der Waals surface area contributed by atoms with E-state index in [1.165, 1.54) is 12.0 Å². The van der Waals surface area contributed by atoms with Gasteiger partial charge in [0.1, 0.15) is 12.0 Å². The molecule has 1 aliphatic heterocycles. The Bertz CT molecular complexity index is 1140. The van der Waals surface area contributed by atoms with E-state index >= 15 is 0 Å². The number of nitrogens with zero attached hydrogens (tertiary/aromatic N) is 1. The summed E-state index contributed by atoms with van der Waals surface area (Å²) >= 11 is 5.91. The van der Waals surface area contributed by atoms with Gasteiger partial charge >= 0.3 is 0 Å². The zero-order valence-corrected chi connectivity index (χ0v) is 22.9. The first-order valence-corrected chi connectivity index (χ1v) is 14.2. The van der Waals surface area contributed by atoms with Gasteiger partial charge in [-0.05, 0) is 124 Å². The molecule has 3 aromatic rings. The van der Waals surface area contributed by atoms with Crippen molar-refractivity contribution in [2.24, 2.45) is 0 Å². The Labute approximate surface area is 232 Å². The lowest BCUT2D eigenvalue weighted by atomic mass is 9.69. The average molecular weight is 532 g/mol. The van der Waals surface area contributed by atoms with Crippen LogP contribution >= 0.6 is 11.6 Å². The lowest BCUT2D eigenvalue weighted by Gasteiger charge is -2.42. The van der Waals surface area contributed by atoms with Gasteiger partial charge in [-0.15, -0.1) is 0 Å². The van der Waals surface area contributed by atoms with Crippen LogP contribution in [0.3, 0.4) is 0 Å². The number of likely N-dealkylation sites (tertiary alicyclic amines) is 1. The first kappa shape index (κ1) is 28.1. The fourth-order valence-corrected chi connectivity index (χ4v) is 5.60. The van der Waals surface area contributed by atoms with Gasteiger partial charge in [0.25, 0.3) is 0 Å². The van der Waals surface area contributed by atoms with Crippen LogP contribution < -0.4 is 4.74 Å². The molecule has 1 fully saturated rings. The third-order valence-electron chi connectivity index (χ3n) is 7.79. The summed E-state index contributed by atoms with van der Waals surface area (Å²) in [6, 6.07) is 25.2. The number of hydrogen-bond donors (Lipinski definition) is 0. The van der Waals surface area contributed by atoms with Crippen LogP contribution in [0.15, 0.2) is 78.9 Å². The second-order valence-electron chi connectivity index (χ2n) is 10.3. The molecule has 0 spiro atoms. The molecular weight excluding hydrogens is 494 g/mol. The number of rotatable bonds is 14. The Morgan fingerprint density at radius 3 is 2.16 bits per heavy atom. The zero-order valence-electron chi connectivity index (χ0n) is 22.1. The average Bonchev–Trinajstić information content (AvgIpc) is 2.97. The summed E-state index contributed by atoms with van der Waals surface area (Å²) in [5.74, 6) is 0.772. The van der Waals surface area contributed by atoms with Gasteiger partial charge in [-0.1, -0.05) is 41.9 Å². The van der Waals surface area contributed by atoms with Crippen molar-refractivity contribution in [3.8, 4) is 5.75 Å². The maximum atomic E-state index is 12.6. The topological polar surface area (TPSA) is 46.6 Å². The SMILES string of the molecule is O=CCCCC1(c2ccccc2)CCN(CCCCCOc2ccc(C(=O)c3ccc(Cl)cc3)cc2)CC1. The van der Waals surface area contributed by atoms with Gasteiger partial charge < -0.3 is 14.4 Å². The van der Waals surface area contributed by atoms with E-state index in [1.807, 2.05) is 24.3 Å². The van der Waals surface area contributed by atoms with Crippen LogP contribution in [0.25, 0.3) is 0 Å². The number of aldehydes is 1. The molecular formula is C33H38ClNO3. The molecule has 1 saturated heterocycles. The van der Waals surface area contributed by atoms with Crippen molar-refractivity contribution in [3.05, 3.63) is 101 Å². The fraction of sp³-hybridized carbons (Fsp3) is 0.394. The number of ketones is 1. The number of carbonyl (C=O) groups is 2. The molecule has 0 aliphatic carbocycles. The third kappa shape index (κ3) is 7.78. The molecule has 0 saturated carbocycles. The summed E-state index contributed by atoms with van der Waals surface area (Å²) in [4.78, 5) is 26.1. The van der Waals surface area contributed by atoms with Crippen LogP contribution in [-0.4, -0.2) is 43.2 Å². The molecule has 1 aliphatic rings. The Balaban J connectivity index is 1.14. The van der Waals surface area contributed by atoms with E-state index in [9.17, 15) is 9.59 Å². The first-order chi connectivity index (χ1) is 18.6. The van der Waals surface area contributed by atoms with Crippen LogP contribution in [0.4, 0.5) is 0 Å². The highest BCUT2D eigenvalue weighted by atomic mass is 35.5. The number of carbonyl (C=O) groups excluding carboxylic acids is 2. The molecule has 0 amide bonds. The van der Waals surface area contributed by atoms with Crippen LogP contribution in [0, 0.1) is 0 Å². The van der Waals surface area contributed by atoms with E-state index in [2.05, 4.69) is 35.2 Å². The van der Waals surface area contributed by atoms with Crippen molar-refractivity contribution < 1.29 is 14.3 Å².